The molecule has 0 bridgehead atoms. The summed E-state index contributed by atoms with van der Waals surface area (Å²) < 4.78 is 5.93. The van der Waals surface area contributed by atoms with E-state index in [1.54, 1.807) is 0 Å². The first-order chi connectivity index (χ1) is 15.4. The standard InChI is InChI=1S/C30H44O3/c1-18-7-8-21(33-25(18)32)19(2)20-11-13-28(6)23-10-9-22-26(3,4)24(31)12-14-29(22)17-30(23,29)16-15-27(20,28)5/h7,19-23H,8-17H2,1-6H3/t19-,20+,21+,22-,23-,27+,28-,29+,30-/m0/s1. The summed E-state index contributed by atoms with van der Waals surface area (Å²) in [6, 6.07) is 0. The third kappa shape index (κ3) is 2.48. The van der Waals surface area contributed by atoms with Crippen LogP contribution in [0.5, 0.6) is 0 Å². The number of ether oxygens (including phenoxy) is 1. The fraction of sp³-hybridized carbons (Fsp3) is 0.867. The summed E-state index contributed by atoms with van der Waals surface area (Å²) in [4.78, 5) is 25.1. The van der Waals surface area contributed by atoms with Gasteiger partial charge in [-0.25, -0.2) is 4.79 Å². The molecular weight excluding hydrogens is 408 g/mol. The molecule has 9 atom stereocenters. The first-order valence-electron chi connectivity index (χ1n) is 13.8. The summed E-state index contributed by atoms with van der Waals surface area (Å²) in [5.41, 5.74) is 2.28. The van der Waals surface area contributed by atoms with E-state index < -0.39 is 0 Å². The summed E-state index contributed by atoms with van der Waals surface area (Å²) in [5.74, 6) is 2.85. The molecule has 5 aliphatic carbocycles. The van der Waals surface area contributed by atoms with Gasteiger partial charge in [-0.3, -0.25) is 4.79 Å². The topological polar surface area (TPSA) is 43.4 Å². The molecule has 33 heavy (non-hydrogen) atoms. The van der Waals surface area contributed by atoms with Crippen LogP contribution in [0.25, 0.3) is 0 Å². The van der Waals surface area contributed by atoms with E-state index in [1.807, 2.05) is 6.92 Å². The van der Waals surface area contributed by atoms with Crippen LogP contribution in [0.4, 0.5) is 0 Å². The van der Waals surface area contributed by atoms with Crippen LogP contribution in [0.2, 0.25) is 0 Å². The van der Waals surface area contributed by atoms with Crippen LogP contribution in [0, 0.1) is 50.7 Å². The van der Waals surface area contributed by atoms with E-state index >= 15 is 0 Å². The van der Waals surface area contributed by atoms with Crippen molar-refractivity contribution in [2.45, 2.75) is 112 Å². The fourth-order valence-electron chi connectivity index (χ4n) is 11.3. The van der Waals surface area contributed by atoms with Crippen LogP contribution < -0.4 is 0 Å². The third-order valence-corrected chi connectivity index (χ3v) is 13.4. The van der Waals surface area contributed by atoms with Gasteiger partial charge in [0, 0.05) is 23.8 Å². The molecule has 0 aromatic carbocycles. The summed E-state index contributed by atoms with van der Waals surface area (Å²) in [7, 11) is 0. The largest absolute Gasteiger partial charge is 0.458 e. The van der Waals surface area contributed by atoms with Crippen LogP contribution in [-0.2, 0) is 14.3 Å². The molecule has 0 amide bonds. The van der Waals surface area contributed by atoms with Crippen molar-refractivity contribution in [3.8, 4) is 0 Å². The van der Waals surface area contributed by atoms with Gasteiger partial charge in [0.05, 0.1) is 0 Å². The molecule has 3 nitrogen and oxygen atoms in total. The predicted molar refractivity (Wildman–Crippen MR) is 129 cm³/mol. The molecule has 6 aliphatic rings. The lowest BCUT2D eigenvalue weighted by Crippen LogP contribution is -2.57. The maximum Gasteiger partial charge on any atom is 0.333 e. The molecule has 1 aliphatic heterocycles. The maximum atomic E-state index is 12.9. The van der Waals surface area contributed by atoms with Crippen molar-refractivity contribution < 1.29 is 14.3 Å². The number of esters is 1. The third-order valence-electron chi connectivity index (χ3n) is 13.4. The van der Waals surface area contributed by atoms with Gasteiger partial charge in [0.2, 0.25) is 0 Å². The van der Waals surface area contributed by atoms with Crippen LogP contribution in [-0.4, -0.2) is 17.9 Å². The molecule has 0 radical (unpaired) electrons. The highest BCUT2D eigenvalue weighted by Gasteiger charge is 2.82. The minimum absolute atomic E-state index is 0.0365. The second kappa shape index (κ2) is 6.55. The Morgan fingerprint density at radius 1 is 0.909 bits per heavy atom. The molecule has 0 N–H and O–H groups in total. The summed E-state index contributed by atoms with van der Waals surface area (Å²) in [6.45, 7) is 14.0. The molecule has 1 heterocycles. The van der Waals surface area contributed by atoms with Gasteiger partial charge in [-0.05, 0) is 104 Å². The van der Waals surface area contributed by atoms with E-state index in [9.17, 15) is 9.59 Å². The predicted octanol–water partition coefficient (Wildman–Crippen LogP) is 6.89. The highest BCUT2D eigenvalue weighted by Crippen LogP contribution is 2.88. The number of fused-ring (bicyclic) bond motifs is 2. The number of carbonyl (C=O) groups excluding carboxylic acids is 2. The second-order valence-corrected chi connectivity index (χ2v) is 14.2. The Labute approximate surface area is 200 Å². The SMILES string of the molecule is CC1=CC[C@H]([C@@H](C)[C@H]2CC[C@@]3(C)[C@@H]4CC[C@H]5C(C)(C)C(=O)CC[C@@]56C[C@@]46CC[C@]23C)OC1=O. The highest BCUT2D eigenvalue weighted by atomic mass is 16.5. The average Bonchev–Trinajstić information content (AvgIpc) is 3.35. The Morgan fingerprint density at radius 3 is 2.33 bits per heavy atom. The minimum Gasteiger partial charge on any atom is -0.458 e. The Morgan fingerprint density at radius 2 is 1.61 bits per heavy atom. The van der Waals surface area contributed by atoms with Gasteiger partial charge in [0.15, 0.2) is 0 Å². The van der Waals surface area contributed by atoms with Crippen molar-refractivity contribution in [1.29, 1.82) is 0 Å². The number of Topliss-reactive ketones (excluding diaryl/α,β-unsaturated/α-hetero) is 1. The van der Waals surface area contributed by atoms with E-state index in [0.29, 0.717) is 45.2 Å². The van der Waals surface area contributed by atoms with Crippen molar-refractivity contribution in [3.05, 3.63) is 11.6 Å². The van der Waals surface area contributed by atoms with Gasteiger partial charge in [-0.2, -0.15) is 0 Å². The zero-order chi connectivity index (χ0) is 23.6. The molecule has 5 saturated carbocycles. The van der Waals surface area contributed by atoms with E-state index in [1.165, 1.54) is 44.9 Å². The molecule has 0 unspecified atom stereocenters. The van der Waals surface area contributed by atoms with Crippen molar-refractivity contribution in [3.63, 3.8) is 0 Å². The van der Waals surface area contributed by atoms with E-state index in [0.717, 1.165) is 30.8 Å². The van der Waals surface area contributed by atoms with Crippen molar-refractivity contribution in [1.82, 2.24) is 0 Å². The Kier molecular flexibility index (Phi) is 4.44. The van der Waals surface area contributed by atoms with Gasteiger partial charge in [-0.1, -0.05) is 40.7 Å². The first kappa shape index (κ1) is 22.4. The molecule has 3 heteroatoms. The van der Waals surface area contributed by atoms with Crippen molar-refractivity contribution >= 4 is 11.8 Å². The number of rotatable bonds is 2. The lowest BCUT2D eigenvalue weighted by molar-refractivity contribution is -0.162. The normalized spacial score (nSPS) is 53.1. The smallest absolute Gasteiger partial charge is 0.333 e. The molecule has 0 aromatic heterocycles. The van der Waals surface area contributed by atoms with Gasteiger partial charge in [-0.15, -0.1) is 0 Å². The van der Waals surface area contributed by atoms with Crippen LogP contribution in [0.15, 0.2) is 11.6 Å². The van der Waals surface area contributed by atoms with E-state index in [2.05, 4.69) is 40.7 Å². The van der Waals surface area contributed by atoms with E-state index in [4.69, 9.17) is 4.74 Å². The lowest BCUT2D eigenvalue weighted by Gasteiger charge is -2.62. The van der Waals surface area contributed by atoms with Crippen molar-refractivity contribution in [2.24, 2.45) is 50.7 Å². The molecule has 0 saturated heterocycles. The lowest BCUT2D eigenvalue weighted by atomic mass is 9.42. The van der Waals surface area contributed by atoms with Crippen LogP contribution in [0.3, 0.4) is 0 Å². The molecule has 6 rings (SSSR count). The highest BCUT2D eigenvalue weighted by molar-refractivity contribution is 5.88. The van der Waals surface area contributed by atoms with Gasteiger partial charge < -0.3 is 4.74 Å². The maximum absolute atomic E-state index is 12.9. The number of hydrogen-bond acceptors (Lipinski definition) is 3. The summed E-state index contributed by atoms with van der Waals surface area (Å²) in [6.07, 6.45) is 14.2. The summed E-state index contributed by atoms with van der Waals surface area (Å²) in [5, 5.41) is 0. The zero-order valence-electron chi connectivity index (χ0n) is 21.8. The molecular formula is C30H44O3. The van der Waals surface area contributed by atoms with Gasteiger partial charge in [0.1, 0.15) is 11.9 Å². The van der Waals surface area contributed by atoms with Crippen LogP contribution in [0.1, 0.15) is 106 Å². The first-order valence-corrected chi connectivity index (χ1v) is 13.8. The minimum atomic E-state index is -0.127. The molecule has 0 aromatic rings. The number of cyclic esters (lactones) is 1. The van der Waals surface area contributed by atoms with Gasteiger partial charge >= 0.3 is 5.97 Å². The number of carbonyl (C=O) groups is 2. The van der Waals surface area contributed by atoms with Crippen LogP contribution >= 0.6 is 0 Å². The molecule has 5 fully saturated rings. The second-order valence-electron chi connectivity index (χ2n) is 14.2. The fourth-order valence-corrected chi connectivity index (χ4v) is 11.3. The Balaban J connectivity index is 1.30. The van der Waals surface area contributed by atoms with Crippen molar-refractivity contribution in [2.75, 3.05) is 0 Å². The van der Waals surface area contributed by atoms with E-state index in [-0.39, 0.29) is 17.5 Å². The quantitative estimate of drug-likeness (QED) is 0.428. The molecule has 2 spiro atoms. The number of ketones is 1. The summed E-state index contributed by atoms with van der Waals surface area (Å²) >= 11 is 0. The Hall–Kier alpha value is -1.12. The van der Waals surface area contributed by atoms with Gasteiger partial charge in [0.25, 0.3) is 0 Å². The number of hydrogen-bond donors (Lipinski definition) is 0. The molecule has 182 valence electrons. The zero-order valence-corrected chi connectivity index (χ0v) is 21.8. The Bertz CT molecular complexity index is 946. The average molecular weight is 453 g/mol. The monoisotopic (exact) mass is 452 g/mol.